The Morgan fingerprint density at radius 3 is 2.61 bits per heavy atom. The summed E-state index contributed by atoms with van der Waals surface area (Å²) >= 11 is 5.95. The molecule has 0 unspecified atom stereocenters. The SMILES string of the molecule is C=C/C(C)=C\C=C(/C)Cc1cccc(C=C)c1.CNCCc1c[nH]c2ccc(Cl)cc12. The Morgan fingerprint density at radius 1 is 1.10 bits per heavy atom. The maximum atomic E-state index is 5.95. The summed E-state index contributed by atoms with van der Waals surface area (Å²) < 4.78 is 0. The molecule has 1 aromatic heterocycles. The highest BCUT2D eigenvalue weighted by molar-refractivity contribution is 6.31. The zero-order valence-electron chi connectivity index (χ0n) is 18.8. The smallest absolute Gasteiger partial charge is 0.0457 e. The van der Waals surface area contributed by atoms with Crippen LogP contribution in [0.5, 0.6) is 0 Å². The largest absolute Gasteiger partial charge is 0.361 e. The van der Waals surface area contributed by atoms with Gasteiger partial charge in [0.15, 0.2) is 0 Å². The maximum Gasteiger partial charge on any atom is 0.0457 e. The lowest BCUT2D eigenvalue weighted by molar-refractivity contribution is 0.795. The van der Waals surface area contributed by atoms with Crippen molar-refractivity contribution in [1.29, 1.82) is 0 Å². The lowest BCUT2D eigenvalue weighted by Crippen LogP contribution is -2.09. The van der Waals surface area contributed by atoms with Gasteiger partial charge in [-0.3, -0.25) is 0 Å². The molecule has 0 radical (unpaired) electrons. The van der Waals surface area contributed by atoms with E-state index in [9.17, 15) is 0 Å². The van der Waals surface area contributed by atoms with Crippen molar-refractivity contribution in [2.24, 2.45) is 0 Å². The third kappa shape index (κ3) is 8.09. The van der Waals surface area contributed by atoms with Crippen LogP contribution in [0.2, 0.25) is 5.02 Å². The fraction of sp³-hybridized carbons (Fsp3) is 0.214. The van der Waals surface area contributed by atoms with Crippen LogP contribution < -0.4 is 5.32 Å². The standard InChI is InChI=1S/C17H20.C11H13ClN2/c1-5-14(3)10-11-15(4)12-17-9-7-8-16(6-2)13-17;1-13-5-4-8-7-14-11-3-2-9(12)6-10(8)11/h5-11,13H,1-2,12H2,3-4H3;2-3,6-7,13-14H,4-5H2,1H3/b14-10-,15-11+;. The van der Waals surface area contributed by atoms with Gasteiger partial charge in [0.25, 0.3) is 0 Å². The highest BCUT2D eigenvalue weighted by atomic mass is 35.5. The monoisotopic (exact) mass is 432 g/mol. The number of hydrogen-bond acceptors (Lipinski definition) is 1. The normalized spacial score (nSPS) is 11.7. The van der Waals surface area contributed by atoms with Gasteiger partial charge in [0, 0.05) is 22.1 Å². The van der Waals surface area contributed by atoms with Gasteiger partial charge in [-0.25, -0.2) is 0 Å². The molecule has 0 bridgehead atoms. The van der Waals surface area contributed by atoms with Gasteiger partial charge in [0.2, 0.25) is 0 Å². The van der Waals surface area contributed by atoms with Gasteiger partial charge in [-0.2, -0.15) is 0 Å². The summed E-state index contributed by atoms with van der Waals surface area (Å²) in [7, 11) is 1.96. The molecule has 0 aliphatic heterocycles. The molecule has 162 valence electrons. The molecule has 0 aliphatic carbocycles. The highest BCUT2D eigenvalue weighted by Gasteiger charge is 2.03. The molecule has 2 nitrogen and oxygen atoms in total. The summed E-state index contributed by atoms with van der Waals surface area (Å²) in [5.41, 5.74) is 7.49. The number of aromatic amines is 1. The van der Waals surface area contributed by atoms with E-state index in [1.54, 1.807) is 0 Å². The minimum absolute atomic E-state index is 0.794. The lowest BCUT2D eigenvalue weighted by Gasteiger charge is -2.02. The fourth-order valence-electron chi connectivity index (χ4n) is 3.17. The van der Waals surface area contributed by atoms with Crippen molar-refractivity contribution in [2.45, 2.75) is 26.7 Å². The van der Waals surface area contributed by atoms with Crippen molar-refractivity contribution in [3.63, 3.8) is 0 Å². The van der Waals surface area contributed by atoms with Gasteiger partial charge in [0.1, 0.15) is 0 Å². The molecule has 0 saturated heterocycles. The summed E-state index contributed by atoms with van der Waals surface area (Å²) in [5, 5.41) is 5.16. The van der Waals surface area contributed by atoms with Crippen molar-refractivity contribution in [3.8, 4) is 0 Å². The van der Waals surface area contributed by atoms with Crippen LogP contribution >= 0.6 is 11.6 Å². The Hall–Kier alpha value is -2.81. The van der Waals surface area contributed by atoms with Crippen LogP contribution in [0.4, 0.5) is 0 Å². The number of benzene rings is 2. The molecule has 3 aromatic rings. The Morgan fingerprint density at radius 2 is 1.90 bits per heavy atom. The summed E-state index contributed by atoms with van der Waals surface area (Å²) in [6, 6.07) is 14.4. The van der Waals surface area contributed by atoms with Crippen LogP contribution in [0.25, 0.3) is 17.0 Å². The highest BCUT2D eigenvalue weighted by Crippen LogP contribution is 2.22. The van der Waals surface area contributed by atoms with Crippen LogP contribution in [0.1, 0.15) is 30.5 Å². The molecule has 0 spiro atoms. The predicted octanol–water partition coefficient (Wildman–Crippen LogP) is 7.53. The number of aromatic nitrogens is 1. The van der Waals surface area contributed by atoms with Crippen molar-refractivity contribution in [1.82, 2.24) is 10.3 Å². The van der Waals surface area contributed by atoms with E-state index in [0.29, 0.717) is 0 Å². The number of fused-ring (bicyclic) bond motifs is 1. The van der Waals surface area contributed by atoms with E-state index >= 15 is 0 Å². The van der Waals surface area contributed by atoms with E-state index in [1.165, 1.54) is 33.2 Å². The second kappa shape index (κ2) is 12.8. The van der Waals surface area contributed by atoms with Crippen LogP contribution in [0, 0.1) is 0 Å². The first kappa shape index (κ1) is 24.5. The van der Waals surface area contributed by atoms with Crippen molar-refractivity contribution in [3.05, 3.63) is 113 Å². The van der Waals surface area contributed by atoms with E-state index in [1.807, 2.05) is 37.4 Å². The van der Waals surface area contributed by atoms with Crippen LogP contribution in [0.15, 0.2) is 91.2 Å². The maximum absolute atomic E-state index is 5.95. The van der Waals surface area contributed by atoms with Gasteiger partial charge in [-0.15, -0.1) is 0 Å². The van der Waals surface area contributed by atoms with Gasteiger partial charge in [-0.1, -0.05) is 84.5 Å². The Balaban J connectivity index is 0.000000224. The molecule has 0 fully saturated rings. The van der Waals surface area contributed by atoms with Crippen molar-refractivity contribution >= 4 is 28.6 Å². The van der Waals surface area contributed by atoms with Gasteiger partial charge >= 0.3 is 0 Å². The summed E-state index contributed by atoms with van der Waals surface area (Å²) in [6.45, 7) is 12.7. The number of likely N-dealkylation sites (N-methyl/N-ethyl adjacent to an activating group) is 1. The van der Waals surface area contributed by atoms with Crippen LogP contribution in [-0.2, 0) is 12.8 Å². The fourth-order valence-corrected chi connectivity index (χ4v) is 3.34. The Bertz CT molecular complexity index is 1070. The molecule has 2 aromatic carbocycles. The molecule has 1 heterocycles. The first-order valence-corrected chi connectivity index (χ1v) is 10.9. The molecule has 0 aliphatic rings. The van der Waals surface area contributed by atoms with E-state index in [4.69, 9.17) is 11.6 Å². The molecule has 2 N–H and O–H groups in total. The van der Waals surface area contributed by atoms with Crippen LogP contribution in [-0.4, -0.2) is 18.6 Å². The van der Waals surface area contributed by atoms with E-state index in [2.05, 4.69) is 79.9 Å². The minimum atomic E-state index is 0.794. The first-order valence-electron chi connectivity index (χ1n) is 10.5. The minimum Gasteiger partial charge on any atom is -0.361 e. The molecule has 0 amide bonds. The average Bonchev–Trinajstić information content (AvgIpc) is 3.18. The third-order valence-electron chi connectivity index (χ3n) is 5.00. The number of halogens is 1. The van der Waals surface area contributed by atoms with Gasteiger partial charge < -0.3 is 10.3 Å². The molecule has 3 rings (SSSR count). The molecule has 0 atom stereocenters. The third-order valence-corrected chi connectivity index (χ3v) is 5.23. The quantitative estimate of drug-likeness (QED) is 0.353. The first-order chi connectivity index (χ1) is 15.0. The van der Waals surface area contributed by atoms with Crippen LogP contribution in [0.3, 0.4) is 0 Å². The molecule has 31 heavy (non-hydrogen) atoms. The zero-order chi connectivity index (χ0) is 22.6. The number of allylic oxidation sites excluding steroid dienone is 5. The molecular weight excluding hydrogens is 400 g/mol. The summed E-state index contributed by atoms with van der Waals surface area (Å²) in [5.74, 6) is 0. The van der Waals surface area contributed by atoms with E-state index < -0.39 is 0 Å². The van der Waals surface area contributed by atoms with E-state index in [0.717, 1.165) is 29.9 Å². The number of nitrogens with one attached hydrogen (secondary N) is 2. The second-order valence-electron chi connectivity index (χ2n) is 7.61. The number of rotatable bonds is 8. The van der Waals surface area contributed by atoms with Crippen molar-refractivity contribution in [2.75, 3.05) is 13.6 Å². The zero-order valence-corrected chi connectivity index (χ0v) is 19.6. The lowest BCUT2D eigenvalue weighted by atomic mass is 10.0. The summed E-state index contributed by atoms with van der Waals surface area (Å²) in [6.07, 6.45) is 12.0. The average molecular weight is 433 g/mol. The number of hydrogen-bond donors (Lipinski definition) is 2. The summed E-state index contributed by atoms with van der Waals surface area (Å²) in [4.78, 5) is 3.24. The van der Waals surface area contributed by atoms with Gasteiger partial charge in [-0.05, 0) is 75.2 Å². The molecular formula is C28H33ClN2. The topological polar surface area (TPSA) is 27.8 Å². The second-order valence-corrected chi connectivity index (χ2v) is 8.05. The molecule has 3 heteroatoms. The van der Waals surface area contributed by atoms with E-state index in [-0.39, 0.29) is 0 Å². The van der Waals surface area contributed by atoms with Gasteiger partial charge in [0.05, 0.1) is 0 Å². The predicted molar refractivity (Wildman–Crippen MR) is 139 cm³/mol. The number of H-pyrrole nitrogens is 1. The molecule has 0 saturated carbocycles. The van der Waals surface area contributed by atoms with Crippen molar-refractivity contribution < 1.29 is 0 Å². The Kier molecular flexibility index (Phi) is 10.1. The Labute approximate surface area is 192 Å².